The zero-order chi connectivity index (χ0) is 43.7. The SMILES string of the molecule is CCCCCCCCCCC/C=C\C/C=C\CCCCCCCCCCCC(=O)NC(COC1OC(CO)C(O)C(O)C1O)C(O)/C=C/CCCCCCCCCCCC. The maximum atomic E-state index is 13.0. The number of unbranched alkanes of at least 4 members (excludes halogenated alkanes) is 28. The van der Waals surface area contributed by atoms with Crippen molar-refractivity contribution in [3.63, 3.8) is 0 Å². The van der Waals surface area contributed by atoms with Crippen LogP contribution in [0, 0.1) is 0 Å². The predicted molar refractivity (Wildman–Crippen MR) is 249 cm³/mol. The second-order valence-electron chi connectivity index (χ2n) is 17.6. The predicted octanol–water partition coefficient (Wildman–Crippen LogP) is 11.2. The fraction of sp³-hybridized carbons (Fsp3) is 0.863. The molecule has 9 nitrogen and oxygen atoms in total. The van der Waals surface area contributed by atoms with Gasteiger partial charge < -0.3 is 40.3 Å². The van der Waals surface area contributed by atoms with Gasteiger partial charge in [0.2, 0.25) is 5.91 Å². The Morgan fingerprint density at radius 2 is 0.983 bits per heavy atom. The van der Waals surface area contributed by atoms with Gasteiger partial charge in [0.25, 0.3) is 0 Å². The van der Waals surface area contributed by atoms with Crippen molar-refractivity contribution in [1.29, 1.82) is 0 Å². The largest absolute Gasteiger partial charge is 0.394 e. The molecule has 9 heteroatoms. The van der Waals surface area contributed by atoms with Crippen LogP contribution < -0.4 is 5.32 Å². The van der Waals surface area contributed by atoms with E-state index in [1.165, 1.54) is 161 Å². The molecule has 0 aromatic carbocycles. The molecular weight excluding hydrogens is 755 g/mol. The highest BCUT2D eigenvalue weighted by Crippen LogP contribution is 2.23. The first-order valence-electron chi connectivity index (χ1n) is 25.2. The summed E-state index contributed by atoms with van der Waals surface area (Å²) in [5.41, 5.74) is 0. The Morgan fingerprint density at radius 1 is 0.567 bits per heavy atom. The van der Waals surface area contributed by atoms with Gasteiger partial charge in [0.1, 0.15) is 24.4 Å². The van der Waals surface area contributed by atoms with Crippen molar-refractivity contribution in [2.45, 2.75) is 269 Å². The van der Waals surface area contributed by atoms with Crippen molar-refractivity contribution in [3.8, 4) is 0 Å². The van der Waals surface area contributed by atoms with Crippen LogP contribution in [-0.4, -0.2) is 87.5 Å². The number of aliphatic hydroxyl groups is 5. The van der Waals surface area contributed by atoms with E-state index in [0.717, 1.165) is 44.9 Å². The lowest BCUT2D eigenvalue weighted by Crippen LogP contribution is -2.60. The molecule has 1 heterocycles. The summed E-state index contributed by atoms with van der Waals surface area (Å²) in [7, 11) is 0. The number of carbonyl (C=O) groups excluding carboxylic acids is 1. The van der Waals surface area contributed by atoms with Gasteiger partial charge in [0, 0.05) is 6.42 Å². The molecule has 1 aliphatic heterocycles. The van der Waals surface area contributed by atoms with Crippen LogP contribution in [0.2, 0.25) is 0 Å². The number of hydrogen-bond donors (Lipinski definition) is 6. The highest BCUT2D eigenvalue weighted by atomic mass is 16.7. The molecular formula is C51H95NO8. The molecule has 0 saturated carbocycles. The molecule has 352 valence electrons. The standard InChI is InChI=1S/C51H95NO8/c1-3-5-7-9-11-13-15-17-18-19-20-21-22-23-24-25-26-27-28-29-31-33-35-37-39-41-47(55)52-44(43-59-51-50(58)49(57)48(56)46(42-53)60-51)45(54)40-38-36-34-32-30-16-14-12-10-8-6-4-2/h20-21,23-24,38,40,44-46,48-51,53-54,56-58H,3-19,22,25-37,39,41-43H2,1-2H3,(H,52,55)/b21-20-,24-23-,40-38+. The molecule has 60 heavy (non-hydrogen) atoms. The van der Waals surface area contributed by atoms with Gasteiger partial charge in [-0.2, -0.15) is 0 Å². The molecule has 0 aliphatic carbocycles. The van der Waals surface area contributed by atoms with Gasteiger partial charge in [-0.05, 0) is 51.4 Å². The van der Waals surface area contributed by atoms with Crippen LogP contribution in [0.1, 0.15) is 226 Å². The number of rotatable bonds is 42. The first-order chi connectivity index (χ1) is 29.3. The van der Waals surface area contributed by atoms with E-state index in [1.807, 2.05) is 6.08 Å². The van der Waals surface area contributed by atoms with Gasteiger partial charge in [-0.25, -0.2) is 0 Å². The van der Waals surface area contributed by atoms with Crippen molar-refractivity contribution in [1.82, 2.24) is 5.32 Å². The fourth-order valence-corrected chi connectivity index (χ4v) is 7.89. The van der Waals surface area contributed by atoms with Gasteiger partial charge >= 0.3 is 0 Å². The molecule has 1 rings (SSSR count). The fourth-order valence-electron chi connectivity index (χ4n) is 7.89. The number of aliphatic hydroxyl groups excluding tert-OH is 5. The van der Waals surface area contributed by atoms with Crippen LogP contribution in [0.15, 0.2) is 36.5 Å². The Kier molecular flexibility index (Phi) is 39.0. The molecule has 0 aromatic heterocycles. The molecule has 1 fully saturated rings. The molecule has 0 radical (unpaired) electrons. The normalized spacial score (nSPS) is 20.8. The van der Waals surface area contributed by atoms with E-state index in [0.29, 0.717) is 6.42 Å². The van der Waals surface area contributed by atoms with Crippen molar-refractivity contribution in [2.75, 3.05) is 13.2 Å². The van der Waals surface area contributed by atoms with Crippen molar-refractivity contribution in [2.24, 2.45) is 0 Å². The van der Waals surface area contributed by atoms with Gasteiger partial charge in [-0.15, -0.1) is 0 Å². The minimum absolute atomic E-state index is 0.182. The van der Waals surface area contributed by atoms with Crippen LogP contribution in [0.5, 0.6) is 0 Å². The highest BCUT2D eigenvalue weighted by Gasteiger charge is 2.44. The van der Waals surface area contributed by atoms with E-state index in [1.54, 1.807) is 6.08 Å². The molecule has 0 spiro atoms. The summed E-state index contributed by atoms with van der Waals surface area (Å²) in [5, 5.41) is 54.2. The third kappa shape index (κ3) is 31.3. The lowest BCUT2D eigenvalue weighted by atomic mass is 9.99. The molecule has 0 bridgehead atoms. The Labute approximate surface area is 368 Å². The summed E-state index contributed by atoms with van der Waals surface area (Å²) >= 11 is 0. The Bertz CT molecular complexity index is 1030. The number of carbonyl (C=O) groups is 1. The quantitative estimate of drug-likeness (QED) is 0.0263. The van der Waals surface area contributed by atoms with Gasteiger partial charge in [0.05, 0.1) is 25.4 Å². The zero-order valence-electron chi connectivity index (χ0n) is 38.7. The van der Waals surface area contributed by atoms with Gasteiger partial charge in [-0.3, -0.25) is 4.79 Å². The van der Waals surface area contributed by atoms with Crippen molar-refractivity contribution in [3.05, 3.63) is 36.5 Å². The van der Waals surface area contributed by atoms with Crippen LogP contribution >= 0.6 is 0 Å². The monoisotopic (exact) mass is 850 g/mol. The van der Waals surface area contributed by atoms with E-state index >= 15 is 0 Å². The minimum Gasteiger partial charge on any atom is -0.394 e. The highest BCUT2D eigenvalue weighted by molar-refractivity contribution is 5.76. The summed E-state index contributed by atoms with van der Waals surface area (Å²) in [6.07, 6.45) is 44.8. The number of hydrogen-bond acceptors (Lipinski definition) is 8. The first kappa shape index (κ1) is 56.4. The maximum Gasteiger partial charge on any atom is 0.220 e. The molecule has 7 unspecified atom stereocenters. The Balaban J connectivity index is 2.25. The summed E-state index contributed by atoms with van der Waals surface area (Å²) in [6, 6.07) is -0.805. The van der Waals surface area contributed by atoms with Crippen molar-refractivity contribution < 1.29 is 39.8 Å². The molecule has 0 aromatic rings. The van der Waals surface area contributed by atoms with Crippen LogP contribution in [-0.2, 0) is 14.3 Å². The van der Waals surface area contributed by atoms with E-state index in [2.05, 4.69) is 43.5 Å². The minimum atomic E-state index is -1.57. The molecule has 7 atom stereocenters. The lowest BCUT2D eigenvalue weighted by Gasteiger charge is -2.40. The van der Waals surface area contributed by atoms with E-state index < -0.39 is 49.5 Å². The maximum absolute atomic E-state index is 13.0. The molecule has 1 saturated heterocycles. The number of amides is 1. The molecule has 1 amide bonds. The average molecular weight is 850 g/mol. The van der Waals surface area contributed by atoms with Crippen molar-refractivity contribution >= 4 is 5.91 Å². The van der Waals surface area contributed by atoms with Gasteiger partial charge in [0.15, 0.2) is 6.29 Å². The third-order valence-corrected chi connectivity index (χ3v) is 12.0. The number of nitrogens with one attached hydrogen (secondary N) is 1. The van der Waals surface area contributed by atoms with E-state index in [4.69, 9.17) is 9.47 Å². The molecule has 6 N–H and O–H groups in total. The Hall–Kier alpha value is -1.59. The van der Waals surface area contributed by atoms with Crippen LogP contribution in [0.4, 0.5) is 0 Å². The summed E-state index contributed by atoms with van der Waals surface area (Å²) < 4.78 is 11.2. The van der Waals surface area contributed by atoms with E-state index in [9.17, 15) is 30.3 Å². The topological polar surface area (TPSA) is 149 Å². The summed E-state index contributed by atoms with van der Waals surface area (Å²) in [6.45, 7) is 3.77. The summed E-state index contributed by atoms with van der Waals surface area (Å²) in [5.74, 6) is -0.182. The average Bonchev–Trinajstić information content (AvgIpc) is 3.25. The summed E-state index contributed by atoms with van der Waals surface area (Å²) in [4.78, 5) is 13.0. The first-order valence-corrected chi connectivity index (χ1v) is 25.2. The van der Waals surface area contributed by atoms with E-state index in [-0.39, 0.29) is 12.5 Å². The van der Waals surface area contributed by atoms with Crippen LogP contribution in [0.3, 0.4) is 0 Å². The Morgan fingerprint density at radius 3 is 1.43 bits per heavy atom. The molecule has 1 aliphatic rings. The second kappa shape index (κ2) is 41.4. The van der Waals surface area contributed by atoms with Gasteiger partial charge in [-0.1, -0.05) is 204 Å². The number of allylic oxidation sites excluding steroid dienone is 5. The third-order valence-electron chi connectivity index (χ3n) is 12.0. The lowest BCUT2D eigenvalue weighted by molar-refractivity contribution is -0.302. The van der Waals surface area contributed by atoms with Crippen LogP contribution in [0.25, 0.3) is 0 Å². The number of ether oxygens (including phenoxy) is 2. The zero-order valence-corrected chi connectivity index (χ0v) is 38.7. The smallest absolute Gasteiger partial charge is 0.220 e. The second-order valence-corrected chi connectivity index (χ2v) is 17.6.